The van der Waals surface area contributed by atoms with Crippen molar-refractivity contribution in [3.05, 3.63) is 35.2 Å². The first-order valence-corrected chi connectivity index (χ1v) is 9.02. The molecule has 130 valence electrons. The fourth-order valence-corrected chi connectivity index (χ4v) is 3.51. The van der Waals surface area contributed by atoms with Crippen LogP contribution in [0, 0.1) is 20.8 Å². The highest BCUT2D eigenvalue weighted by atomic mass is 32.2. The van der Waals surface area contributed by atoms with E-state index in [4.69, 9.17) is 0 Å². The second kappa shape index (κ2) is 7.18. The summed E-state index contributed by atoms with van der Waals surface area (Å²) in [6.07, 6.45) is 1.48. The number of hydrogen-bond donors (Lipinski definition) is 1. The molecule has 1 amide bonds. The van der Waals surface area contributed by atoms with Crippen LogP contribution in [0.3, 0.4) is 0 Å². The lowest BCUT2D eigenvalue weighted by Gasteiger charge is -2.12. The van der Waals surface area contributed by atoms with E-state index in [2.05, 4.69) is 37.7 Å². The summed E-state index contributed by atoms with van der Waals surface area (Å²) in [5.74, 6) is 0.174. The van der Waals surface area contributed by atoms with Crippen LogP contribution in [0.4, 0.5) is 5.69 Å². The summed E-state index contributed by atoms with van der Waals surface area (Å²) in [5, 5.41) is 11.8. The molecule has 0 saturated carbocycles. The Labute approximate surface area is 150 Å². The monoisotopic (exact) mass is 356 g/mol. The first-order chi connectivity index (χ1) is 12.0. The summed E-state index contributed by atoms with van der Waals surface area (Å²) < 4.78 is 1.71. The van der Waals surface area contributed by atoms with Crippen molar-refractivity contribution in [1.82, 2.24) is 25.0 Å². The van der Waals surface area contributed by atoms with E-state index in [9.17, 15) is 4.79 Å². The van der Waals surface area contributed by atoms with E-state index < -0.39 is 0 Å². The molecule has 0 atom stereocenters. The Bertz CT molecular complexity index is 913. The fourth-order valence-electron chi connectivity index (χ4n) is 2.78. The van der Waals surface area contributed by atoms with Crippen LogP contribution in [0.25, 0.3) is 11.2 Å². The SMILES string of the molecule is CCn1nnc2c(SCC(=O)Nc3c(C)cc(C)cc3C)ncnc21. The van der Waals surface area contributed by atoms with Crippen LogP contribution in [-0.2, 0) is 11.3 Å². The van der Waals surface area contributed by atoms with Crippen LogP contribution in [0.5, 0.6) is 0 Å². The number of benzene rings is 1. The molecule has 8 heteroatoms. The fraction of sp³-hybridized carbons (Fsp3) is 0.353. The van der Waals surface area contributed by atoms with Gasteiger partial charge in [-0.15, -0.1) is 5.10 Å². The topological polar surface area (TPSA) is 85.6 Å². The first kappa shape index (κ1) is 17.3. The molecule has 7 nitrogen and oxygen atoms in total. The molecule has 0 unspecified atom stereocenters. The van der Waals surface area contributed by atoms with Gasteiger partial charge in [-0.05, 0) is 38.8 Å². The summed E-state index contributed by atoms with van der Waals surface area (Å²) in [4.78, 5) is 20.8. The van der Waals surface area contributed by atoms with E-state index in [-0.39, 0.29) is 11.7 Å². The van der Waals surface area contributed by atoms with Crippen LogP contribution in [0.2, 0.25) is 0 Å². The van der Waals surface area contributed by atoms with Gasteiger partial charge >= 0.3 is 0 Å². The summed E-state index contributed by atoms with van der Waals surface area (Å²) in [6.45, 7) is 8.71. The second-order valence-electron chi connectivity index (χ2n) is 5.87. The van der Waals surface area contributed by atoms with Crippen molar-refractivity contribution >= 4 is 34.5 Å². The number of thioether (sulfide) groups is 1. The third kappa shape index (κ3) is 3.63. The Morgan fingerprint density at radius 2 is 1.92 bits per heavy atom. The zero-order chi connectivity index (χ0) is 18.0. The quantitative estimate of drug-likeness (QED) is 0.559. The number of anilines is 1. The van der Waals surface area contributed by atoms with Gasteiger partial charge in [0.15, 0.2) is 11.2 Å². The Morgan fingerprint density at radius 1 is 1.20 bits per heavy atom. The van der Waals surface area contributed by atoms with Gasteiger partial charge in [0.05, 0.1) is 5.75 Å². The molecule has 0 aliphatic heterocycles. The number of amides is 1. The van der Waals surface area contributed by atoms with Crippen LogP contribution in [0.15, 0.2) is 23.5 Å². The molecule has 0 aliphatic rings. The average Bonchev–Trinajstić information content (AvgIpc) is 3.00. The number of nitrogens with zero attached hydrogens (tertiary/aromatic N) is 5. The van der Waals surface area contributed by atoms with E-state index in [0.717, 1.165) is 16.8 Å². The first-order valence-electron chi connectivity index (χ1n) is 8.04. The van der Waals surface area contributed by atoms with Crippen molar-refractivity contribution < 1.29 is 4.79 Å². The third-order valence-electron chi connectivity index (χ3n) is 3.85. The number of hydrogen-bond acceptors (Lipinski definition) is 6. The minimum Gasteiger partial charge on any atom is -0.325 e. The smallest absolute Gasteiger partial charge is 0.234 e. The van der Waals surface area contributed by atoms with Gasteiger partial charge in [-0.1, -0.05) is 34.7 Å². The maximum atomic E-state index is 12.4. The standard InChI is InChI=1S/C17H20N6OS/c1-5-23-16-15(21-22-23)17(19-9-18-16)25-8-13(24)20-14-11(3)6-10(2)7-12(14)4/h6-7,9H,5,8H2,1-4H3,(H,20,24). The van der Waals surface area contributed by atoms with Gasteiger partial charge in [0.25, 0.3) is 0 Å². The zero-order valence-electron chi connectivity index (χ0n) is 14.7. The molecule has 1 aromatic carbocycles. The van der Waals surface area contributed by atoms with E-state index in [1.54, 1.807) is 4.68 Å². The summed E-state index contributed by atoms with van der Waals surface area (Å²) in [7, 11) is 0. The maximum Gasteiger partial charge on any atom is 0.234 e. The molecule has 0 bridgehead atoms. The van der Waals surface area contributed by atoms with Crippen molar-refractivity contribution in [2.24, 2.45) is 0 Å². The van der Waals surface area contributed by atoms with Gasteiger partial charge in [0.2, 0.25) is 5.91 Å². The number of carbonyl (C=O) groups is 1. The van der Waals surface area contributed by atoms with Crippen molar-refractivity contribution in [3.63, 3.8) is 0 Å². The maximum absolute atomic E-state index is 12.4. The lowest BCUT2D eigenvalue weighted by Crippen LogP contribution is -2.16. The van der Waals surface area contributed by atoms with E-state index in [1.165, 1.54) is 23.7 Å². The van der Waals surface area contributed by atoms with Gasteiger partial charge in [0.1, 0.15) is 11.4 Å². The summed E-state index contributed by atoms with van der Waals surface area (Å²) in [6, 6.07) is 4.12. The van der Waals surface area contributed by atoms with E-state index >= 15 is 0 Å². The molecule has 2 heterocycles. The minimum atomic E-state index is -0.0744. The molecule has 3 rings (SSSR count). The molecule has 25 heavy (non-hydrogen) atoms. The summed E-state index contributed by atoms with van der Waals surface area (Å²) in [5.41, 5.74) is 5.50. The van der Waals surface area contributed by atoms with E-state index in [0.29, 0.717) is 22.7 Å². The van der Waals surface area contributed by atoms with Crippen LogP contribution in [-0.4, -0.2) is 36.6 Å². The van der Waals surface area contributed by atoms with Gasteiger partial charge in [-0.25, -0.2) is 14.6 Å². The lowest BCUT2D eigenvalue weighted by atomic mass is 10.1. The highest BCUT2D eigenvalue weighted by Crippen LogP contribution is 2.25. The number of rotatable bonds is 5. The van der Waals surface area contributed by atoms with Crippen LogP contribution in [0.1, 0.15) is 23.6 Å². The molecule has 0 saturated heterocycles. The molecule has 1 N–H and O–H groups in total. The van der Waals surface area contributed by atoms with Crippen molar-refractivity contribution in [2.45, 2.75) is 39.3 Å². The number of nitrogens with one attached hydrogen (secondary N) is 1. The number of aromatic nitrogens is 5. The summed E-state index contributed by atoms with van der Waals surface area (Å²) >= 11 is 1.34. The van der Waals surface area contributed by atoms with Crippen molar-refractivity contribution in [2.75, 3.05) is 11.1 Å². The number of fused-ring (bicyclic) bond motifs is 1. The van der Waals surface area contributed by atoms with Crippen molar-refractivity contribution in [3.8, 4) is 0 Å². The molecular formula is C17H20N6OS. The average molecular weight is 356 g/mol. The van der Waals surface area contributed by atoms with Crippen LogP contribution >= 0.6 is 11.8 Å². The molecule has 0 spiro atoms. The highest BCUT2D eigenvalue weighted by molar-refractivity contribution is 8.00. The second-order valence-corrected chi connectivity index (χ2v) is 6.83. The van der Waals surface area contributed by atoms with E-state index in [1.807, 2.05) is 27.7 Å². The van der Waals surface area contributed by atoms with Crippen molar-refractivity contribution in [1.29, 1.82) is 0 Å². The number of aryl methyl sites for hydroxylation is 4. The highest BCUT2D eigenvalue weighted by Gasteiger charge is 2.14. The minimum absolute atomic E-state index is 0.0744. The van der Waals surface area contributed by atoms with Crippen LogP contribution < -0.4 is 5.32 Å². The molecule has 3 aromatic rings. The van der Waals surface area contributed by atoms with Gasteiger partial charge in [-0.2, -0.15) is 0 Å². The molecule has 0 radical (unpaired) electrons. The zero-order valence-corrected chi connectivity index (χ0v) is 15.5. The Kier molecular flexibility index (Phi) is 4.98. The Hall–Kier alpha value is -2.48. The molecule has 2 aromatic heterocycles. The molecule has 0 aliphatic carbocycles. The predicted molar refractivity (Wildman–Crippen MR) is 98.8 cm³/mol. The van der Waals surface area contributed by atoms with Gasteiger partial charge in [-0.3, -0.25) is 4.79 Å². The largest absolute Gasteiger partial charge is 0.325 e. The lowest BCUT2D eigenvalue weighted by molar-refractivity contribution is -0.113. The molecule has 0 fully saturated rings. The van der Waals surface area contributed by atoms with Gasteiger partial charge < -0.3 is 5.32 Å². The number of carbonyl (C=O) groups excluding carboxylic acids is 1. The normalized spacial score (nSPS) is 11.0. The van der Waals surface area contributed by atoms with Gasteiger partial charge in [0, 0.05) is 12.2 Å². The Balaban J connectivity index is 1.72. The molecular weight excluding hydrogens is 336 g/mol. The Morgan fingerprint density at radius 3 is 2.60 bits per heavy atom. The third-order valence-corrected chi connectivity index (χ3v) is 4.83. The predicted octanol–water partition coefficient (Wildman–Crippen LogP) is 2.90.